The van der Waals surface area contributed by atoms with Crippen molar-refractivity contribution < 1.29 is 9.15 Å². The number of pyridine rings is 1. The molecule has 0 unspecified atom stereocenters. The number of hydrogen-bond acceptors (Lipinski definition) is 5. The molecule has 6 nitrogen and oxygen atoms in total. The zero-order valence-electron chi connectivity index (χ0n) is 12.8. The first-order valence-electron chi connectivity index (χ1n) is 7.27. The van der Waals surface area contributed by atoms with Crippen LogP contribution in [-0.4, -0.2) is 22.3 Å². The molecule has 0 atom stereocenters. The zero-order chi connectivity index (χ0) is 16.5. The van der Waals surface area contributed by atoms with Crippen LogP contribution in [-0.2, 0) is 0 Å². The van der Waals surface area contributed by atoms with Gasteiger partial charge < -0.3 is 9.15 Å². The minimum Gasteiger partial charge on any atom is -0.496 e. The Morgan fingerprint density at radius 1 is 1.12 bits per heavy atom. The maximum Gasteiger partial charge on any atom is 0.162 e. The van der Waals surface area contributed by atoms with Gasteiger partial charge >= 0.3 is 0 Å². The van der Waals surface area contributed by atoms with E-state index in [1.807, 2.05) is 18.2 Å². The first-order valence-corrected chi connectivity index (χ1v) is 7.27. The Kier molecular flexibility index (Phi) is 3.25. The standard InChI is InChI=1S/C18H12N4O2/c1-23-16-3-2-11(10-19)8-13(16)17-9-15-18(24-17)12(4-6-20-15)14-5-7-21-22-14/h2-9H,1H3,(H,21,22). The molecular formula is C18H12N4O2. The van der Waals surface area contributed by atoms with Crippen LogP contribution in [0, 0.1) is 11.3 Å². The number of rotatable bonds is 3. The van der Waals surface area contributed by atoms with E-state index in [9.17, 15) is 0 Å². The molecular weight excluding hydrogens is 304 g/mol. The van der Waals surface area contributed by atoms with Crippen LogP contribution < -0.4 is 4.74 Å². The Labute approximate surface area is 137 Å². The van der Waals surface area contributed by atoms with E-state index in [1.54, 1.807) is 37.7 Å². The number of hydrogen-bond donors (Lipinski definition) is 1. The number of furan rings is 1. The van der Waals surface area contributed by atoms with Crippen molar-refractivity contribution in [1.29, 1.82) is 5.26 Å². The smallest absolute Gasteiger partial charge is 0.162 e. The van der Waals surface area contributed by atoms with Gasteiger partial charge in [0.2, 0.25) is 0 Å². The molecule has 0 fully saturated rings. The summed E-state index contributed by atoms with van der Waals surface area (Å²) in [6.07, 6.45) is 3.41. The largest absolute Gasteiger partial charge is 0.496 e. The van der Waals surface area contributed by atoms with Crippen molar-refractivity contribution in [2.24, 2.45) is 0 Å². The minimum atomic E-state index is 0.535. The number of benzene rings is 1. The average Bonchev–Trinajstić information content (AvgIpc) is 3.30. The van der Waals surface area contributed by atoms with Crippen LogP contribution in [0.5, 0.6) is 5.75 Å². The highest BCUT2D eigenvalue weighted by Crippen LogP contribution is 2.37. The Morgan fingerprint density at radius 2 is 2.04 bits per heavy atom. The molecule has 6 heteroatoms. The lowest BCUT2D eigenvalue weighted by molar-refractivity contribution is 0.415. The Bertz CT molecular complexity index is 1060. The number of nitrogens with zero attached hydrogens (tertiary/aromatic N) is 3. The molecule has 24 heavy (non-hydrogen) atoms. The number of aromatic amines is 1. The van der Waals surface area contributed by atoms with E-state index in [1.165, 1.54) is 0 Å². The molecule has 1 aromatic carbocycles. The highest BCUT2D eigenvalue weighted by atomic mass is 16.5. The highest BCUT2D eigenvalue weighted by molar-refractivity contribution is 5.91. The fraction of sp³-hybridized carbons (Fsp3) is 0.0556. The predicted octanol–water partition coefficient (Wildman–Crippen LogP) is 3.77. The van der Waals surface area contributed by atoms with E-state index in [2.05, 4.69) is 21.3 Å². The number of ether oxygens (including phenoxy) is 1. The summed E-state index contributed by atoms with van der Waals surface area (Å²) in [5.41, 5.74) is 4.35. The Morgan fingerprint density at radius 3 is 2.79 bits per heavy atom. The zero-order valence-corrected chi connectivity index (χ0v) is 12.8. The van der Waals surface area contributed by atoms with E-state index < -0.39 is 0 Å². The number of nitrogens with one attached hydrogen (secondary N) is 1. The van der Waals surface area contributed by atoms with Crippen molar-refractivity contribution in [3.8, 4) is 34.4 Å². The number of fused-ring (bicyclic) bond motifs is 1. The molecule has 0 saturated heterocycles. The molecule has 4 aromatic rings. The van der Waals surface area contributed by atoms with Crippen LogP contribution in [0.2, 0.25) is 0 Å². The van der Waals surface area contributed by atoms with Crippen LogP contribution in [0.15, 0.2) is 53.2 Å². The van der Waals surface area contributed by atoms with Crippen LogP contribution in [0.25, 0.3) is 33.7 Å². The second-order valence-electron chi connectivity index (χ2n) is 5.18. The van der Waals surface area contributed by atoms with Gasteiger partial charge in [-0.1, -0.05) is 0 Å². The lowest BCUT2D eigenvalue weighted by Crippen LogP contribution is -1.88. The summed E-state index contributed by atoms with van der Waals surface area (Å²) in [7, 11) is 1.59. The Hall–Kier alpha value is -3.59. The van der Waals surface area contributed by atoms with E-state index in [0.717, 1.165) is 16.8 Å². The summed E-state index contributed by atoms with van der Waals surface area (Å²) in [5.74, 6) is 1.23. The highest BCUT2D eigenvalue weighted by Gasteiger charge is 2.16. The second-order valence-corrected chi connectivity index (χ2v) is 5.18. The third-order valence-corrected chi connectivity index (χ3v) is 3.80. The molecule has 3 aromatic heterocycles. The first kappa shape index (κ1) is 14.0. The molecule has 0 aliphatic heterocycles. The van der Waals surface area contributed by atoms with Crippen molar-refractivity contribution in [2.45, 2.75) is 0 Å². The minimum absolute atomic E-state index is 0.535. The number of aromatic nitrogens is 3. The average molecular weight is 316 g/mol. The molecule has 3 heterocycles. The lowest BCUT2D eigenvalue weighted by atomic mass is 10.1. The number of methoxy groups -OCH3 is 1. The molecule has 4 rings (SSSR count). The number of nitriles is 1. The molecule has 0 spiro atoms. The van der Waals surface area contributed by atoms with Crippen molar-refractivity contribution >= 4 is 11.1 Å². The van der Waals surface area contributed by atoms with Gasteiger partial charge in [-0.2, -0.15) is 10.4 Å². The quantitative estimate of drug-likeness (QED) is 0.621. The van der Waals surface area contributed by atoms with Gasteiger partial charge in [0.25, 0.3) is 0 Å². The van der Waals surface area contributed by atoms with Crippen LogP contribution in [0.4, 0.5) is 0 Å². The third kappa shape index (κ3) is 2.20. The van der Waals surface area contributed by atoms with Crippen LogP contribution in [0.3, 0.4) is 0 Å². The first-order chi connectivity index (χ1) is 11.8. The van der Waals surface area contributed by atoms with E-state index in [0.29, 0.717) is 28.2 Å². The van der Waals surface area contributed by atoms with Crippen molar-refractivity contribution in [1.82, 2.24) is 15.2 Å². The summed E-state index contributed by atoms with van der Waals surface area (Å²) in [5, 5.41) is 16.0. The molecule has 0 saturated carbocycles. The van der Waals surface area contributed by atoms with Crippen LogP contribution >= 0.6 is 0 Å². The molecule has 0 bridgehead atoms. The van der Waals surface area contributed by atoms with Crippen molar-refractivity contribution in [3.05, 3.63) is 54.4 Å². The predicted molar refractivity (Wildman–Crippen MR) is 88.3 cm³/mol. The van der Waals surface area contributed by atoms with Gasteiger partial charge in [0.15, 0.2) is 5.58 Å². The normalized spacial score (nSPS) is 10.7. The van der Waals surface area contributed by atoms with Crippen molar-refractivity contribution in [2.75, 3.05) is 7.11 Å². The second kappa shape index (κ2) is 5.56. The fourth-order valence-electron chi connectivity index (χ4n) is 2.66. The summed E-state index contributed by atoms with van der Waals surface area (Å²) in [4.78, 5) is 4.36. The van der Waals surface area contributed by atoms with Crippen molar-refractivity contribution in [3.63, 3.8) is 0 Å². The van der Waals surface area contributed by atoms with Gasteiger partial charge in [-0.25, -0.2) is 0 Å². The molecule has 0 aliphatic carbocycles. The molecule has 0 amide bonds. The molecule has 1 N–H and O–H groups in total. The summed E-state index contributed by atoms with van der Waals surface area (Å²) in [6, 6.07) is 12.9. The van der Waals surface area contributed by atoms with Gasteiger partial charge in [-0.3, -0.25) is 10.1 Å². The fourth-order valence-corrected chi connectivity index (χ4v) is 2.66. The third-order valence-electron chi connectivity index (χ3n) is 3.80. The Balaban J connectivity index is 1.94. The van der Waals surface area contributed by atoms with E-state index in [-0.39, 0.29) is 0 Å². The van der Waals surface area contributed by atoms with E-state index in [4.69, 9.17) is 14.4 Å². The summed E-state index contributed by atoms with van der Waals surface area (Å²) in [6.45, 7) is 0. The van der Waals surface area contributed by atoms with Gasteiger partial charge in [0.1, 0.15) is 17.0 Å². The number of H-pyrrole nitrogens is 1. The maximum absolute atomic E-state index is 9.14. The van der Waals surface area contributed by atoms with Gasteiger partial charge in [-0.05, 0) is 30.3 Å². The molecule has 0 radical (unpaired) electrons. The van der Waals surface area contributed by atoms with Gasteiger partial charge in [0.05, 0.1) is 30.0 Å². The van der Waals surface area contributed by atoms with Gasteiger partial charge in [0, 0.05) is 24.0 Å². The lowest BCUT2D eigenvalue weighted by Gasteiger charge is -2.06. The SMILES string of the molecule is COc1ccc(C#N)cc1-c1cc2nccc(-c3ccn[nH]3)c2o1. The van der Waals surface area contributed by atoms with E-state index >= 15 is 0 Å². The maximum atomic E-state index is 9.14. The topological polar surface area (TPSA) is 87.7 Å². The molecule has 116 valence electrons. The van der Waals surface area contributed by atoms with Crippen LogP contribution in [0.1, 0.15) is 5.56 Å². The molecule has 0 aliphatic rings. The summed E-state index contributed by atoms with van der Waals surface area (Å²) >= 11 is 0. The summed E-state index contributed by atoms with van der Waals surface area (Å²) < 4.78 is 11.4. The monoisotopic (exact) mass is 316 g/mol. The van der Waals surface area contributed by atoms with Gasteiger partial charge in [-0.15, -0.1) is 0 Å².